The van der Waals surface area contributed by atoms with E-state index in [1.165, 1.54) is 4.90 Å². The highest BCUT2D eigenvalue weighted by molar-refractivity contribution is 6.06. The van der Waals surface area contributed by atoms with Crippen LogP contribution in [0, 0.1) is 19.8 Å². The molecule has 0 N–H and O–H groups in total. The number of hydrogen-bond donors (Lipinski definition) is 0. The molecule has 0 radical (unpaired) electrons. The maximum absolute atomic E-state index is 12.9. The minimum atomic E-state index is -0.602. The van der Waals surface area contributed by atoms with Crippen LogP contribution in [-0.4, -0.2) is 46.8 Å². The van der Waals surface area contributed by atoms with Crippen molar-refractivity contribution in [2.75, 3.05) is 13.7 Å². The molecule has 6 nitrogen and oxygen atoms in total. The molecule has 0 saturated heterocycles. The van der Waals surface area contributed by atoms with Gasteiger partial charge in [0.1, 0.15) is 5.69 Å². The van der Waals surface area contributed by atoms with E-state index < -0.39 is 12.0 Å². The summed E-state index contributed by atoms with van der Waals surface area (Å²) < 4.78 is 6.76. The summed E-state index contributed by atoms with van der Waals surface area (Å²) in [6.07, 6.45) is 0. The number of carbonyl (C=O) groups is 3. The first-order chi connectivity index (χ1) is 11.1. The third kappa shape index (κ3) is 3.52. The van der Waals surface area contributed by atoms with Gasteiger partial charge in [0.25, 0.3) is 0 Å². The van der Waals surface area contributed by atoms with Crippen LogP contribution in [0.2, 0.25) is 0 Å². The molecular weight excluding hydrogens is 308 g/mol. The molecule has 0 aliphatic carbocycles. The Labute approximate surface area is 143 Å². The monoisotopic (exact) mass is 336 g/mol. The van der Waals surface area contributed by atoms with Crippen molar-refractivity contribution < 1.29 is 19.1 Å². The fraction of sp³-hybridized carbons (Fsp3) is 0.611. The van der Waals surface area contributed by atoms with E-state index in [0.29, 0.717) is 22.5 Å². The third-order valence-electron chi connectivity index (χ3n) is 4.45. The summed E-state index contributed by atoms with van der Waals surface area (Å²) in [7, 11) is 3.36. The second-order valence-corrected chi connectivity index (χ2v) is 6.36. The first-order valence-electron chi connectivity index (χ1n) is 8.20. The van der Waals surface area contributed by atoms with E-state index in [-0.39, 0.29) is 24.2 Å². The van der Waals surface area contributed by atoms with Gasteiger partial charge in [-0.1, -0.05) is 13.8 Å². The van der Waals surface area contributed by atoms with Crippen LogP contribution in [-0.2, 0) is 16.6 Å². The summed E-state index contributed by atoms with van der Waals surface area (Å²) >= 11 is 0. The second-order valence-electron chi connectivity index (χ2n) is 6.36. The smallest absolute Gasteiger partial charge is 0.355 e. The topological polar surface area (TPSA) is 68.6 Å². The quantitative estimate of drug-likeness (QED) is 0.591. The number of rotatable bonds is 6. The Morgan fingerprint density at radius 3 is 2.17 bits per heavy atom. The van der Waals surface area contributed by atoms with Crippen LogP contribution in [0.4, 0.5) is 0 Å². The van der Waals surface area contributed by atoms with Gasteiger partial charge in [-0.3, -0.25) is 9.59 Å². The van der Waals surface area contributed by atoms with E-state index in [0.717, 1.165) is 0 Å². The highest BCUT2D eigenvalue weighted by atomic mass is 16.5. The van der Waals surface area contributed by atoms with E-state index in [9.17, 15) is 14.4 Å². The largest absolute Gasteiger partial charge is 0.461 e. The molecule has 0 saturated carbocycles. The maximum Gasteiger partial charge on any atom is 0.355 e. The molecule has 0 aromatic carbocycles. The summed E-state index contributed by atoms with van der Waals surface area (Å²) in [6.45, 7) is 10.8. The van der Waals surface area contributed by atoms with Crippen LogP contribution in [0.3, 0.4) is 0 Å². The summed E-state index contributed by atoms with van der Waals surface area (Å²) in [4.78, 5) is 38.7. The van der Waals surface area contributed by atoms with Crippen LogP contribution < -0.4 is 0 Å². The molecule has 0 aliphatic heterocycles. The molecule has 0 fully saturated rings. The Bertz CT molecular complexity index is 658. The molecule has 1 amide bonds. The fourth-order valence-electron chi connectivity index (χ4n) is 2.81. The van der Waals surface area contributed by atoms with E-state index in [1.807, 2.05) is 0 Å². The van der Waals surface area contributed by atoms with Gasteiger partial charge in [0.15, 0.2) is 5.78 Å². The first-order valence-corrected chi connectivity index (χ1v) is 8.20. The molecule has 0 aliphatic rings. The lowest BCUT2D eigenvalue weighted by molar-refractivity contribution is -0.134. The predicted molar refractivity (Wildman–Crippen MR) is 92.2 cm³/mol. The summed E-state index contributed by atoms with van der Waals surface area (Å²) in [6, 6.07) is -0.602. The highest BCUT2D eigenvalue weighted by Crippen LogP contribution is 2.24. The number of ketones is 1. The SMILES string of the molecule is CCOC(=O)c1c(C)c(C(=O)C(C)N(C)C(=O)C(C)C)c(C)n1C. The third-order valence-corrected chi connectivity index (χ3v) is 4.45. The molecule has 1 aromatic heterocycles. The van der Waals surface area contributed by atoms with E-state index in [4.69, 9.17) is 4.74 Å². The zero-order chi connectivity index (χ0) is 18.8. The number of ether oxygens (including phenoxy) is 1. The summed E-state index contributed by atoms with van der Waals surface area (Å²) in [5.41, 5.74) is 2.15. The van der Waals surface area contributed by atoms with Gasteiger partial charge in [-0.2, -0.15) is 0 Å². The minimum absolute atomic E-state index is 0.0901. The number of carbonyl (C=O) groups excluding carboxylic acids is 3. The Morgan fingerprint density at radius 2 is 1.71 bits per heavy atom. The standard InChI is InChI=1S/C18H28N2O4/c1-9-24-18(23)15-11(4)14(12(5)19(15)7)16(21)13(6)20(8)17(22)10(2)3/h10,13H,9H2,1-8H3. The number of amides is 1. The maximum atomic E-state index is 12.9. The average Bonchev–Trinajstić information content (AvgIpc) is 2.74. The minimum Gasteiger partial charge on any atom is -0.461 e. The fourth-order valence-corrected chi connectivity index (χ4v) is 2.81. The van der Waals surface area contributed by atoms with Crippen LogP contribution in [0.5, 0.6) is 0 Å². The van der Waals surface area contributed by atoms with Crippen molar-refractivity contribution in [3.8, 4) is 0 Å². The molecule has 24 heavy (non-hydrogen) atoms. The predicted octanol–water partition coefficient (Wildman–Crippen LogP) is 2.50. The van der Waals surface area contributed by atoms with Crippen LogP contribution in [0.1, 0.15) is 59.8 Å². The van der Waals surface area contributed by atoms with Crippen LogP contribution >= 0.6 is 0 Å². The van der Waals surface area contributed by atoms with Gasteiger partial charge in [-0.05, 0) is 33.3 Å². The first kappa shape index (κ1) is 19.9. The van der Waals surface area contributed by atoms with Gasteiger partial charge in [-0.15, -0.1) is 0 Å². The lowest BCUT2D eigenvalue weighted by atomic mass is 9.99. The molecular formula is C18H28N2O4. The lowest BCUT2D eigenvalue weighted by Gasteiger charge is -2.25. The van der Waals surface area contributed by atoms with Crippen LogP contribution in [0.25, 0.3) is 0 Å². The average molecular weight is 336 g/mol. The van der Waals surface area contributed by atoms with Crippen molar-refractivity contribution in [3.05, 3.63) is 22.5 Å². The molecule has 1 heterocycles. The molecule has 0 spiro atoms. The van der Waals surface area contributed by atoms with Gasteiger partial charge < -0.3 is 14.2 Å². The van der Waals surface area contributed by atoms with E-state index >= 15 is 0 Å². The number of likely N-dealkylation sites (N-methyl/N-ethyl adjacent to an activating group) is 1. The molecule has 1 unspecified atom stereocenters. The molecule has 0 bridgehead atoms. The Morgan fingerprint density at radius 1 is 1.17 bits per heavy atom. The van der Waals surface area contributed by atoms with Gasteiger partial charge in [0.2, 0.25) is 5.91 Å². The second kappa shape index (κ2) is 7.64. The number of esters is 1. The van der Waals surface area contributed by atoms with Crippen LogP contribution in [0.15, 0.2) is 0 Å². The Hall–Kier alpha value is -2.11. The number of aromatic nitrogens is 1. The van der Waals surface area contributed by atoms with Crippen molar-refractivity contribution in [3.63, 3.8) is 0 Å². The van der Waals surface area contributed by atoms with Crippen molar-refractivity contribution in [1.82, 2.24) is 9.47 Å². The van der Waals surface area contributed by atoms with Crippen molar-refractivity contribution in [2.24, 2.45) is 13.0 Å². The van der Waals surface area contributed by atoms with Gasteiger partial charge in [-0.25, -0.2) is 4.79 Å². The highest BCUT2D eigenvalue weighted by Gasteiger charge is 2.31. The van der Waals surface area contributed by atoms with E-state index in [1.54, 1.807) is 60.2 Å². The van der Waals surface area contributed by atoms with Crippen molar-refractivity contribution in [2.45, 2.75) is 47.6 Å². The number of Topliss-reactive ketones (excluding diaryl/α,β-unsaturated/α-hetero) is 1. The molecule has 1 aromatic rings. The zero-order valence-electron chi connectivity index (χ0n) is 15.9. The van der Waals surface area contributed by atoms with Crippen molar-refractivity contribution >= 4 is 17.7 Å². The summed E-state index contributed by atoms with van der Waals surface area (Å²) in [5.74, 6) is -0.891. The Kier molecular flexibility index (Phi) is 6.35. The number of hydrogen-bond acceptors (Lipinski definition) is 4. The number of nitrogens with zero attached hydrogens (tertiary/aromatic N) is 2. The normalized spacial score (nSPS) is 12.2. The Balaban J connectivity index is 3.27. The van der Waals surface area contributed by atoms with Crippen molar-refractivity contribution in [1.29, 1.82) is 0 Å². The molecule has 6 heteroatoms. The van der Waals surface area contributed by atoms with Gasteiger partial charge in [0, 0.05) is 31.3 Å². The zero-order valence-corrected chi connectivity index (χ0v) is 15.9. The van der Waals surface area contributed by atoms with Gasteiger partial charge >= 0.3 is 5.97 Å². The molecule has 1 atom stereocenters. The molecule has 1 rings (SSSR count). The van der Waals surface area contributed by atoms with E-state index in [2.05, 4.69) is 0 Å². The summed E-state index contributed by atoms with van der Waals surface area (Å²) in [5, 5.41) is 0. The van der Waals surface area contributed by atoms with Gasteiger partial charge in [0.05, 0.1) is 12.6 Å². The lowest BCUT2D eigenvalue weighted by Crippen LogP contribution is -2.42. The molecule has 134 valence electrons.